The molecule has 0 rings (SSSR count). The van der Waals surface area contributed by atoms with Gasteiger partial charge in [0.1, 0.15) is 19.0 Å². The molecule has 0 aromatic carbocycles. The van der Waals surface area contributed by atoms with Crippen molar-refractivity contribution in [2.45, 2.75) is 92.0 Å². The molecule has 6 heteroatoms. The van der Waals surface area contributed by atoms with Crippen LogP contribution in [-0.4, -0.2) is 69.8 Å². The summed E-state index contributed by atoms with van der Waals surface area (Å²) in [5, 5.41) is 0. The van der Waals surface area contributed by atoms with E-state index in [0.717, 1.165) is 0 Å². The third kappa shape index (κ3) is 17.0. The van der Waals surface area contributed by atoms with E-state index in [1.165, 1.54) is 0 Å². The fourth-order valence-electron chi connectivity index (χ4n) is 1.72. The monoisotopic (exact) mass is 364 g/mol. The quantitative estimate of drug-likeness (QED) is 0.391. The van der Waals surface area contributed by atoms with Gasteiger partial charge < -0.3 is 28.4 Å². The molecule has 0 unspecified atom stereocenters. The molecule has 0 amide bonds. The van der Waals surface area contributed by atoms with E-state index in [4.69, 9.17) is 28.4 Å². The first-order valence-corrected chi connectivity index (χ1v) is 9.40. The highest BCUT2D eigenvalue weighted by Crippen LogP contribution is 2.05. The summed E-state index contributed by atoms with van der Waals surface area (Å²) in [6.45, 7) is 18.1. The van der Waals surface area contributed by atoms with E-state index >= 15 is 0 Å². The van der Waals surface area contributed by atoms with Crippen LogP contribution in [0.1, 0.15) is 55.4 Å². The predicted octanol–water partition coefficient (Wildman–Crippen LogP) is 3.41. The molecule has 0 heterocycles. The summed E-state index contributed by atoms with van der Waals surface area (Å²) in [4.78, 5) is 0. The van der Waals surface area contributed by atoms with Crippen LogP contribution in [-0.2, 0) is 28.4 Å². The number of rotatable bonds is 16. The number of hydrogen-bond acceptors (Lipinski definition) is 6. The smallest absolute Gasteiger partial charge is 0.147 e. The number of ether oxygens (including phenoxy) is 6. The highest BCUT2D eigenvalue weighted by Gasteiger charge is 2.16. The minimum absolute atomic E-state index is 0.151. The molecule has 0 radical (unpaired) electrons. The van der Waals surface area contributed by atoms with Gasteiger partial charge in [0.2, 0.25) is 0 Å². The molecular weight excluding hydrogens is 324 g/mol. The molecule has 6 nitrogen and oxygen atoms in total. The van der Waals surface area contributed by atoms with Crippen LogP contribution in [0.15, 0.2) is 0 Å². The Bertz CT molecular complexity index is 242. The number of hydrogen-bond donors (Lipinski definition) is 0. The van der Waals surface area contributed by atoms with Gasteiger partial charge in [0.15, 0.2) is 0 Å². The van der Waals surface area contributed by atoms with Gasteiger partial charge in [-0.15, -0.1) is 0 Å². The lowest BCUT2D eigenvalue weighted by atomic mass is 10.3. The SMILES string of the molecule is CC(C)OCC(COC(C)C)OCOC(COC(C)C)COC(C)C. The van der Waals surface area contributed by atoms with Crippen LogP contribution in [0.5, 0.6) is 0 Å². The second-order valence-electron chi connectivity index (χ2n) is 7.22. The highest BCUT2D eigenvalue weighted by atomic mass is 16.7. The zero-order valence-corrected chi connectivity index (χ0v) is 17.4. The second kappa shape index (κ2) is 14.9. The van der Waals surface area contributed by atoms with Gasteiger partial charge in [0.05, 0.1) is 50.8 Å². The van der Waals surface area contributed by atoms with Crippen LogP contribution in [0.3, 0.4) is 0 Å². The maximum Gasteiger partial charge on any atom is 0.147 e. The molecule has 0 saturated carbocycles. The molecule has 0 aliphatic carbocycles. The van der Waals surface area contributed by atoms with E-state index in [-0.39, 0.29) is 43.4 Å². The Balaban J connectivity index is 4.31. The molecule has 0 aromatic heterocycles. The first-order chi connectivity index (χ1) is 11.7. The lowest BCUT2D eigenvalue weighted by Gasteiger charge is -2.24. The molecule has 0 saturated heterocycles. The minimum Gasteiger partial charge on any atom is -0.376 e. The topological polar surface area (TPSA) is 55.4 Å². The average Bonchev–Trinajstić information content (AvgIpc) is 2.50. The summed E-state index contributed by atoms with van der Waals surface area (Å²) < 4.78 is 34.2. The summed E-state index contributed by atoms with van der Waals surface area (Å²) in [5.74, 6) is 0. The lowest BCUT2D eigenvalue weighted by molar-refractivity contribution is -0.177. The van der Waals surface area contributed by atoms with Crippen molar-refractivity contribution in [2.24, 2.45) is 0 Å². The van der Waals surface area contributed by atoms with Gasteiger partial charge in [-0.3, -0.25) is 0 Å². The largest absolute Gasteiger partial charge is 0.376 e. The molecule has 0 spiro atoms. The van der Waals surface area contributed by atoms with E-state index in [9.17, 15) is 0 Å². The Labute approximate surface area is 154 Å². The van der Waals surface area contributed by atoms with E-state index < -0.39 is 0 Å². The zero-order valence-electron chi connectivity index (χ0n) is 17.4. The molecule has 25 heavy (non-hydrogen) atoms. The van der Waals surface area contributed by atoms with E-state index in [2.05, 4.69) is 0 Å². The molecule has 0 fully saturated rings. The molecular formula is C19H40O6. The van der Waals surface area contributed by atoms with Gasteiger partial charge in [-0.1, -0.05) is 0 Å². The normalized spacial score (nSPS) is 12.7. The summed E-state index contributed by atoms with van der Waals surface area (Å²) >= 11 is 0. The van der Waals surface area contributed by atoms with Crippen LogP contribution >= 0.6 is 0 Å². The summed E-state index contributed by atoms with van der Waals surface area (Å²) in [7, 11) is 0. The summed E-state index contributed by atoms with van der Waals surface area (Å²) in [6.07, 6.45) is 0.274. The van der Waals surface area contributed by atoms with E-state index in [0.29, 0.717) is 26.4 Å². The van der Waals surface area contributed by atoms with E-state index in [1.807, 2.05) is 55.4 Å². The van der Waals surface area contributed by atoms with Gasteiger partial charge in [-0.25, -0.2) is 0 Å². The van der Waals surface area contributed by atoms with Crippen molar-refractivity contribution in [3.05, 3.63) is 0 Å². The van der Waals surface area contributed by atoms with Crippen molar-refractivity contribution in [2.75, 3.05) is 33.2 Å². The predicted molar refractivity (Wildman–Crippen MR) is 99.0 cm³/mol. The molecule has 0 atom stereocenters. The van der Waals surface area contributed by atoms with Crippen molar-refractivity contribution < 1.29 is 28.4 Å². The van der Waals surface area contributed by atoms with Crippen LogP contribution in [0.2, 0.25) is 0 Å². The summed E-state index contributed by atoms with van der Waals surface area (Å²) in [5.41, 5.74) is 0. The van der Waals surface area contributed by atoms with Gasteiger partial charge in [0, 0.05) is 0 Å². The van der Waals surface area contributed by atoms with Crippen molar-refractivity contribution in [3.8, 4) is 0 Å². The van der Waals surface area contributed by atoms with E-state index in [1.54, 1.807) is 0 Å². The van der Waals surface area contributed by atoms with Crippen molar-refractivity contribution in [1.29, 1.82) is 0 Å². The lowest BCUT2D eigenvalue weighted by Crippen LogP contribution is -2.33. The third-order valence-corrected chi connectivity index (χ3v) is 3.07. The summed E-state index contributed by atoms with van der Waals surface area (Å²) in [6, 6.07) is 0. The zero-order chi connectivity index (χ0) is 19.2. The minimum atomic E-state index is -0.164. The average molecular weight is 365 g/mol. The first-order valence-electron chi connectivity index (χ1n) is 9.40. The van der Waals surface area contributed by atoms with Gasteiger partial charge in [-0.05, 0) is 55.4 Å². The highest BCUT2D eigenvalue weighted by molar-refractivity contribution is 4.59. The fourth-order valence-corrected chi connectivity index (χ4v) is 1.72. The Morgan fingerprint density at radius 2 is 0.640 bits per heavy atom. The van der Waals surface area contributed by atoms with Crippen molar-refractivity contribution >= 4 is 0 Å². The molecule has 0 aliphatic rings. The van der Waals surface area contributed by atoms with Crippen LogP contribution in [0.25, 0.3) is 0 Å². The second-order valence-corrected chi connectivity index (χ2v) is 7.22. The van der Waals surface area contributed by atoms with Crippen molar-refractivity contribution in [3.63, 3.8) is 0 Å². The third-order valence-electron chi connectivity index (χ3n) is 3.07. The Morgan fingerprint density at radius 1 is 0.400 bits per heavy atom. The van der Waals surface area contributed by atoms with Gasteiger partial charge >= 0.3 is 0 Å². The molecule has 152 valence electrons. The Kier molecular flexibility index (Phi) is 14.7. The Morgan fingerprint density at radius 3 is 0.840 bits per heavy atom. The van der Waals surface area contributed by atoms with Crippen LogP contribution < -0.4 is 0 Å². The molecule has 0 aliphatic heterocycles. The Hall–Kier alpha value is -0.240. The fraction of sp³-hybridized carbons (Fsp3) is 1.00. The molecule has 0 N–H and O–H groups in total. The van der Waals surface area contributed by atoms with Crippen molar-refractivity contribution in [1.82, 2.24) is 0 Å². The van der Waals surface area contributed by atoms with Gasteiger partial charge in [-0.2, -0.15) is 0 Å². The maximum atomic E-state index is 5.80. The standard InChI is InChI=1S/C19H40O6/c1-14(2)20-9-18(10-21-15(3)4)24-13-25-19(11-22-16(5)6)12-23-17(7)8/h14-19H,9-13H2,1-8H3. The first kappa shape index (κ1) is 24.8. The van der Waals surface area contributed by atoms with Gasteiger partial charge in [0.25, 0.3) is 0 Å². The van der Waals surface area contributed by atoms with Crippen LogP contribution in [0, 0.1) is 0 Å². The molecule has 0 bridgehead atoms. The van der Waals surface area contributed by atoms with Crippen LogP contribution in [0.4, 0.5) is 0 Å². The molecule has 0 aromatic rings. The maximum absolute atomic E-state index is 5.80.